The van der Waals surface area contributed by atoms with Gasteiger partial charge < -0.3 is 9.64 Å². The van der Waals surface area contributed by atoms with Crippen LogP contribution < -0.4 is 0 Å². The molecule has 2 aromatic rings. The number of amides is 1. The summed E-state index contributed by atoms with van der Waals surface area (Å²) < 4.78 is 33.2. The van der Waals surface area contributed by atoms with Crippen molar-refractivity contribution in [3.05, 3.63) is 64.7 Å². The minimum absolute atomic E-state index is 0.0439. The van der Waals surface area contributed by atoms with E-state index in [1.807, 2.05) is 50.2 Å². The maximum absolute atomic E-state index is 13.1. The van der Waals surface area contributed by atoms with Gasteiger partial charge in [0.1, 0.15) is 0 Å². The summed E-state index contributed by atoms with van der Waals surface area (Å²) in [6.07, 6.45) is 0. The fourth-order valence-electron chi connectivity index (χ4n) is 4.26. The molecule has 172 valence electrons. The molecule has 0 spiro atoms. The van der Waals surface area contributed by atoms with Crippen molar-refractivity contribution in [1.29, 1.82) is 0 Å². The van der Waals surface area contributed by atoms with Gasteiger partial charge in [-0.3, -0.25) is 9.69 Å². The van der Waals surface area contributed by atoms with Gasteiger partial charge in [-0.25, -0.2) is 8.42 Å². The third-order valence-electron chi connectivity index (χ3n) is 6.17. The Kier molecular flexibility index (Phi) is 6.95. The number of hydrogen-bond acceptors (Lipinski definition) is 5. The standard InChI is InChI=1S/C24H31N3O4S/c1-19-6-7-20(2)23(16-19)32(29,30)27-10-8-26(9-11-27)24(28)22-5-3-4-21(17-22)18-25-12-14-31-15-13-25/h3-7,16-17H,8-15,18H2,1-2H3. The summed E-state index contributed by atoms with van der Waals surface area (Å²) >= 11 is 0. The number of rotatable bonds is 5. The van der Waals surface area contributed by atoms with Crippen molar-refractivity contribution >= 4 is 15.9 Å². The number of benzene rings is 2. The van der Waals surface area contributed by atoms with Crippen molar-refractivity contribution in [2.24, 2.45) is 0 Å². The zero-order valence-electron chi connectivity index (χ0n) is 18.8. The number of morpholine rings is 1. The Labute approximate surface area is 190 Å². The quantitative estimate of drug-likeness (QED) is 0.689. The van der Waals surface area contributed by atoms with Gasteiger partial charge in [0.25, 0.3) is 5.91 Å². The number of ether oxygens (including phenoxy) is 1. The van der Waals surface area contributed by atoms with E-state index in [-0.39, 0.29) is 5.91 Å². The molecule has 0 N–H and O–H groups in total. The molecule has 2 saturated heterocycles. The molecular formula is C24H31N3O4S. The van der Waals surface area contributed by atoms with Crippen molar-refractivity contribution in [3.8, 4) is 0 Å². The third kappa shape index (κ3) is 5.04. The third-order valence-corrected chi connectivity index (χ3v) is 8.21. The first-order valence-electron chi connectivity index (χ1n) is 11.1. The highest BCUT2D eigenvalue weighted by molar-refractivity contribution is 7.89. The molecule has 0 saturated carbocycles. The van der Waals surface area contributed by atoms with Crippen LogP contribution in [0.2, 0.25) is 0 Å². The summed E-state index contributed by atoms with van der Waals surface area (Å²) in [7, 11) is -3.57. The fourth-order valence-corrected chi connectivity index (χ4v) is 5.99. The number of carbonyl (C=O) groups is 1. The molecule has 7 nitrogen and oxygen atoms in total. The average Bonchev–Trinajstić information content (AvgIpc) is 2.81. The number of hydrogen-bond donors (Lipinski definition) is 0. The van der Waals surface area contributed by atoms with E-state index in [9.17, 15) is 13.2 Å². The van der Waals surface area contributed by atoms with Gasteiger partial charge in [-0.15, -0.1) is 0 Å². The van der Waals surface area contributed by atoms with Crippen LogP contribution in [0.25, 0.3) is 0 Å². The zero-order valence-corrected chi connectivity index (χ0v) is 19.6. The van der Waals surface area contributed by atoms with Crippen LogP contribution in [0.5, 0.6) is 0 Å². The van der Waals surface area contributed by atoms with Crippen molar-refractivity contribution in [2.75, 3.05) is 52.5 Å². The highest BCUT2D eigenvalue weighted by Gasteiger charge is 2.31. The van der Waals surface area contributed by atoms with Gasteiger partial charge in [0.15, 0.2) is 0 Å². The molecule has 2 aromatic carbocycles. The number of aryl methyl sites for hydroxylation is 2. The minimum Gasteiger partial charge on any atom is -0.379 e. The Balaban J connectivity index is 1.40. The molecule has 2 heterocycles. The summed E-state index contributed by atoms with van der Waals surface area (Å²) in [6, 6.07) is 13.2. The van der Waals surface area contributed by atoms with E-state index in [0.29, 0.717) is 36.6 Å². The van der Waals surface area contributed by atoms with E-state index in [0.717, 1.165) is 49.5 Å². The van der Waals surface area contributed by atoms with E-state index in [2.05, 4.69) is 4.90 Å². The molecule has 0 atom stereocenters. The highest BCUT2D eigenvalue weighted by atomic mass is 32.2. The molecule has 2 fully saturated rings. The molecule has 0 aliphatic carbocycles. The van der Waals surface area contributed by atoms with Crippen LogP contribution >= 0.6 is 0 Å². The Morgan fingerprint density at radius 3 is 2.38 bits per heavy atom. The normalized spacial score (nSPS) is 18.6. The monoisotopic (exact) mass is 457 g/mol. The lowest BCUT2D eigenvalue weighted by molar-refractivity contribution is 0.0341. The van der Waals surface area contributed by atoms with Crippen molar-refractivity contribution < 1.29 is 17.9 Å². The second kappa shape index (κ2) is 9.70. The molecule has 2 aliphatic rings. The lowest BCUT2D eigenvalue weighted by atomic mass is 10.1. The highest BCUT2D eigenvalue weighted by Crippen LogP contribution is 2.23. The lowest BCUT2D eigenvalue weighted by Crippen LogP contribution is -2.50. The molecule has 0 bridgehead atoms. The zero-order chi connectivity index (χ0) is 22.7. The molecule has 2 aliphatic heterocycles. The molecule has 0 unspecified atom stereocenters. The first-order chi connectivity index (χ1) is 15.3. The van der Waals surface area contributed by atoms with Gasteiger partial charge in [0.05, 0.1) is 18.1 Å². The Hall–Kier alpha value is -2.26. The molecule has 8 heteroatoms. The first-order valence-corrected chi connectivity index (χ1v) is 12.5. The Bertz CT molecular complexity index is 1070. The predicted molar refractivity (Wildman–Crippen MR) is 123 cm³/mol. The van der Waals surface area contributed by atoms with Crippen LogP contribution in [0.1, 0.15) is 27.0 Å². The van der Waals surface area contributed by atoms with E-state index in [1.165, 1.54) is 4.31 Å². The SMILES string of the molecule is Cc1ccc(C)c(S(=O)(=O)N2CCN(C(=O)c3cccc(CN4CCOCC4)c3)CC2)c1. The summed E-state index contributed by atoms with van der Waals surface area (Å²) in [5.41, 5.74) is 3.42. The summed E-state index contributed by atoms with van der Waals surface area (Å²) in [4.78, 5) is 17.5. The summed E-state index contributed by atoms with van der Waals surface area (Å²) in [5, 5.41) is 0. The molecule has 4 rings (SSSR count). The van der Waals surface area contributed by atoms with Gasteiger partial charge in [-0.2, -0.15) is 4.31 Å². The fraction of sp³-hybridized carbons (Fsp3) is 0.458. The van der Waals surface area contributed by atoms with Crippen molar-refractivity contribution in [1.82, 2.24) is 14.1 Å². The molecule has 0 radical (unpaired) electrons. The van der Waals surface area contributed by atoms with E-state index < -0.39 is 10.0 Å². The van der Waals surface area contributed by atoms with E-state index in [1.54, 1.807) is 11.0 Å². The molecular weight excluding hydrogens is 426 g/mol. The summed E-state index contributed by atoms with van der Waals surface area (Å²) in [6.45, 7) is 9.16. The largest absolute Gasteiger partial charge is 0.379 e. The molecule has 32 heavy (non-hydrogen) atoms. The Morgan fingerprint density at radius 1 is 0.938 bits per heavy atom. The number of carbonyl (C=O) groups excluding carboxylic acids is 1. The number of sulfonamides is 1. The maximum atomic E-state index is 13.1. The number of nitrogens with zero attached hydrogens (tertiary/aromatic N) is 3. The van der Waals surface area contributed by atoms with Crippen molar-refractivity contribution in [3.63, 3.8) is 0 Å². The van der Waals surface area contributed by atoms with Crippen LogP contribution in [0.3, 0.4) is 0 Å². The molecule has 0 aromatic heterocycles. The second-order valence-corrected chi connectivity index (χ2v) is 10.5. The van der Waals surface area contributed by atoms with Gasteiger partial charge in [0, 0.05) is 51.4 Å². The van der Waals surface area contributed by atoms with Gasteiger partial charge >= 0.3 is 0 Å². The first kappa shape index (κ1) is 22.9. The van der Waals surface area contributed by atoms with Crippen LogP contribution in [0.4, 0.5) is 0 Å². The van der Waals surface area contributed by atoms with Gasteiger partial charge in [-0.05, 0) is 48.7 Å². The number of piperazine rings is 1. The smallest absolute Gasteiger partial charge is 0.253 e. The van der Waals surface area contributed by atoms with Crippen LogP contribution in [0, 0.1) is 13.8 Å². The second-order valence-electron chi connectivity index (χ2n) is 8.55. The minimum atomic E-state index is -3.57. The Morgan fingerprint density at radius 2 is 1.66 bits per heavy atom. The topological polar surface area (TPSA) is 70.2 Å². The summed E-state index contributed by atoms with van der Waals surface area (Å²) in [5.74, 6) is -0.0439. The van der Waals surface area contributed by atoms with Crippen molar-refractivity contribution in [2.45, 2.75) is 25.3 Å². The maximum Gasteiger partial charge on any atom is 0.253 e. The lowest BCUT2D eigenvalue weighted by Gasteiger charge is -2.34. The van der Waals surface area contributed by atoms with Gasteiger partial charge in [0.2, 0.25) is 10.0 Å². The molecule has 1 amide bonds. The van der Waals surface area contributed by atoms with E-state index >= 15 is 0 Å². The van der Waals surface area contributed by atoms with E-state index in [4.69, 9.17) is 4.74 Å². The van der Waals surface area contributed by atoms with Crippen LogP contribution in [0.15, 0.2) is 47.4 Å². The van der Waals surface area contributed by atoms with Crippen LogP contribution in [-0.4, -0.2) is 80.9 Å². The predicted octanol–water partition coefficient (Wildman–Crippen LogP) is 2.28. The van der Waals surface area contributed by atoms with Gasteiger partial charge in [-0.1, -0.05) is 24.3 Å². The van der Waals surface area contributed by atoms with Crippen LogP contribution in [-0.2, 0) is 21.3 Å². The average molecular weight is 458 g/mol.